The van der Waals surface area contributed by atoms with Gasteiger partial charge in [-0.1, -0.05) is 0 Å². The predicted molar refractivity (Wildman–Crippen MR) is 111 cm³/mol. The van der Waals surface area contributed by atoms with Crippen LogP contribution in [-0.4, -0.2) is 57.0 Å². The van der Waals surface area contributed by atoms with Gasteiger partial charge >= 0.3 is 0 Å². The molecule has 2 N–H and O–H groups in total. The predicted octanol–water partition coefficient (Wildman–Crippen LogP) is 1.88. The van der Waals surface area contributed by atoms with E-state index in [0.29, 0.717) is 5.82 Å². The first-order valence-electron chi connectivity index (χ1n) is 10.2. The fourth-order valence-electron chi connectivity index (χ4n) is 4.16. The average Bonchev–Trinajstić information content (AvgIpc) is 3.18. The van der Waals surface area contributed by atoms with Crippen LogP contribution >= 0.6 is 0 Å². The molecule has 3 aromatic heterocycles. The number of carbonyl (C=O) groups is 1. The smallest absolute Gasteiger partial charge is 0.228 e. The Labute approximate surface area is 169 Å². The van der Waals surface area contributed by atoms with Crippen LogP contribution in [0.4, 0.5) is 5.82 Å². The number of anilines is 1. The SMILES string of the molecule is CN1CCC(C(=O)Nc2cc3cc(-c4cnc5n4CCNC5)cnc3cn2)CC1. The largest absolute Gasteiger partial charge is 0.326 e. The normalized spacial score (nSPS) is 18.0. The van der Waals surface area contributed by atoms with Crippen molar-refractivity contribution in [2.75, 3.05) is 32.0 Å². The maximum absolute atomic E-state index is 12.6. The van der Waals surface area contributed by atoms with Crippen LogP contribution in [0.1, 0.15) is 18.7 Å². The van der Waals surface area contributed by atoms with E-state index in [1.54, 1.807) is 6.20 Å². The number of hydrogen-bond donors (Lipinski definition) is 2. The van der Waals surface area contributed by atoms with E-state index < -0.39 is 0 Å². The molecule has 8 heteroatoms. The van der Waals surface area contributed by atoms with Crippen LogP contribution in [0.3, 0.4) is 0 Å². The maximum atomic E-state index is 12.6. The Bertz CT molecular complexity index is 1050. The van der Waals surface area contributed by atoms with Crippen molar-refractivity contribution in [1.29, 1.82) is 0 Å². The van der Waals surface area contributed by atoms with E-state index >= 15 is 0 Å². The molecule has 0 spiro atoms. The number of nitrogens with zero attached hydrogens (tertiary/aromatic N) is 5. The summed E-state index contributed by atoms with van der Waals surface area (Å²) in [6, 6.07) is 4.01. The molecule has 0 atom stereocenters. The minimum atomic E-state index is 0.0556. The Hall–Kier alpha value is -2.84. The zero-order chi connectivity index (χ0) is 19.8. The van der Waals surface area contributed by atoms with Gasteiger partial charge in [-0.3, -0.25) is 9.78 Å². The van der Waals surface area contributed by atoms with Gasteiger partial charge in [-0.2, -0.15) is 0 Å². The van der Waals surface area contributed by atoms with Crippen molar-refractivity contribution >= 4 is 22.6 Å². The lowest BCUT2D eigenvalue weighted by atomic mass is 9.96. The molecule has 5 heterocycles. The van der Waals surface area contributed by atoms with Crippen molar-refractivity contribution in [2.45, 2.75) is 25.9 Å². The van der Waals surface area contributed by atoms with Gasteiger partial charge in [0.2, 0.25) is 5.91 Å². The van der Waals surface area contributed by atoms with Crippen molar-refractivity contribution in [3.8, 4) is 11.3 Å². The minimum Gasteiger partial charge on any atom is -0.326 e. The second-order valence-electron chi connectivity index (χ2n) is 7.94. The summed E-state index contributed by atoms with van der Waals surface area (Å²) in [7, 11) is 2.10. The van der Waals surface area contributed by atoms with Gasteiger partial charge in [0.15, 0.2) is 0 Å². The first-order chi connectivity index (χ1) is 14.2. The van der Waals surface area contributed by atoms with Crippen molar-refractivity contribution in [3.63, 3.8) is 0 Å². The third-order valence-electron chi connectivity index (χ3n) is 5.94. The second-order valence-corrected chi connectivity index (χ2v) is 7.94. The molecule has 0 bridgehead atoms. The molecule has 8 nitrogen and oxygen atoms in total. The van der Waals surface area contributed by atoms with Gasteiger partial charge in [-0.05, 0) is 45.1 Å². The molecule has 0 aliphatic carbocycles. The van der Waals surface area contributed by atoms with Crippen LogP contribution in [-0.2, 0) is 17.9 Å². The van der Waals surface area contributed by atoms with Gasteiger partial charge in [0.05, 0.1) is 30.1 Å². The van der Waals surface area contributed by atoms with Crippen LogP contribution in [0.2, 0.25) is 0 Å². The number of amides is 1. The molecule has 29 heavy (non-hydrogen) atoms. The molecule has 5 rings (SSSR count). The number of piperidine rings is 1. The third kappa shape index (κ3) is 3.61. The zero-order valence-corrected chi connectivity index (χ0v) is 16.6. The number of rotatable bonds is 3. The fraction of sp³-hybridized carbons (Fsp3) is 0.429. The summed E-state index contributed by atoms with van der Waals surface area (Å²) in [6.45, 7) is 4.55. The van der Waals surface area contributed by atoms with E-state index in [1.807, 2.05) is 18.5 Å². The number of aromatic nitrogens is 4. The number of pyridine rings is 2. The standard InChI is InChI=1S/C21H25N7O/c1-27-5-2-14(3-6-27)21(29)26-19-9-15-8-16(10-23-17(15)11-24-19)18-12-25-20-13-22-4-7-28(18)20/h8-12,14,22H,2-7,13H2,1H3,(H,24,26,29). The van der Waals surface area contributed by atoms with E-state index in [0.717, 1.165) is 73.6 Å². The summed E-state index contributed by atoms with van der Waals surface area (Å²) in [5.41, 5.74) is 2.91. The lowest BCUT2D eigenvalue weighted by molar-refractivity contribution is -0.121. The Morgan fingerprint density at radius 1 is 1.10 bits per heavy atom. The van der Waals surface area contributed by atoms with Gasteiger partial charge in [0.25, 0.3) is 0 Å². The second kappa shape index (κ2) is 7.53. The van der Waals surface area contributed by atoms with E-state index in [9.17, 15) is 4.79 Å². The monoisotopic (exact) mass is 391 g/mol. The highest BCUT2D eigenvalue weighted by atomic mass is 16.1. The Morgan fingerprint density at radius 3 is 2.83 bits per heavy atom. The fourth-order valence-corrected chi connectivity index (χ4v) is 4.16. The maximum Gasteiger partial charge on any atom is 0.228 e. The molecular weight excluding hydrogens is 366 g/mol. The van der Waals surface area contributed by atoms with Crippen molar-refractivity contribution in [2.24, 2.45) is 5.92 Å². The molecule has 0 radical (unpaired) electrons. The summed E-state index contributed by atoms with van der Waals surface area (Å²) < 4.78 is 2.24. The summed E-state index contributed by atoms with van der Waals surface area (Å²) in [5, 5.41) is 7.30. The Balaban J connectivity index is 1.40. The number of nitrogens with one attached hydrogen (secondary N) is 2. The topological polar surface area (TPSA) is 88.0 Å². The molecule has 0 saturated carbocycles. The Kier molecular flexibility index (Phi) is 4.73. The van der Waals surface area contributed by atoms with Gasteiger partial charge in [-0.15, -0.1) is 0 Å². The number of carbonyl (C=O) groups excluding carboxylic acids is 1. The molecule has 1 saturated heterocycles. The number of imidazole rings is 1. The molecular formula is C21H25N7O. The quantitative estimate of drug-likeness (QED) is 0.709. The molecule has 2 aliphatic heterocycles. The van der Waals surface area contributed by atoms with Crippen LogP contribution in [0.25, 0.3) is 22.2 Å². The molecule has 1 amide bonds. The zero-order valence-electron chi connectivity index (χ0n) is 16.6. The van der Waals surface area contributed by atoms with Gasteiger partial charge in [0, 0.05) is 36.2 Å². The summed E-state index contributed by atoms with van der Waals surface area (Å²) >= 11 is 0. The van der Waals surface area contributed by atoms with Gasteiger partial charge in [0.1, 0.15) is 11.6 Å². The Morgan fingerprint density at radius 2 is 1.97 bits per heavy atom. The number of fused-ring (bicyclic) bond motifs is 2. The molecule has 2 aliphatic rings. The lowest BCUT2D eigenvalue weighted by Crippen LogP contribution is -2.36. The number of hydrogen-bond acceptors (Lipinski definition) is 6. The van der Waals surface area contributed by atoms with E-state index in [4.69, 9.17) is 0 Å². The third-order valence-corrected chi connectivity index (χ3v) is 5.94. The summed E-state index contributed by atoms with van der Waals surface area (Å²) in [5.74, 6) is 1.75. The molecule has 1 fully saturated rings. The molecule has 0 aromatic carbocycles. The lowest BCUT2D eigenvalue weighted by Gasteiger charge is -2.27. The first kappa shape index (κ1) is 18.2. The number of likely N-dealkylation sites (tertiary alicyclic amines) is 1. The molecule has 3 aromatic rings. The summed E-state index contributed by atoms with van der Waals surface area (Å²) in [4.78, 5) is 28.4. The van der Waals surface area contributed by atoms with Crippen LogP contribution in [0, 0.1) is 5.92 Å². The first-order valence-corrected chi connectivity index (χ1v) is 10.2. The van der Waals surface area contributed by atoms with Gasteiger partial charge < -0.3 is 20.1 Å². The molecule has 150 valence electrons. The highest BCUT2D eigenvalue weighted by Gasteiger charge is 2.23. The highest BCUT2D eigenvalue weighted by molar-refractivity contribution is 5.94. The summed E-state index contributed by atoms with van der Waals surface area (Å²) in [6.07, 6.45) is 7.28. The highest BCUT2D eigenvalue weighted by Crippen LogP contribution is 2.26. The van der Waals surface area contributed by atoms with Crippen LogP contribution in [0.5, 0.6) is 0 Å². The average molecular weight is 391 g/mol. The van der Waals surface area contributed by atoms with Crippen molar-refractivity contribution in [1.82, 2.24) is 29.7 Å². The van der Waals surface area contributed by atoms with Crippen molar-refractivity contribution < 1.29 is 4.79 Å². The van der Waals surface area contributed by atoms with E-state index in [2.05, 4.69) is 48.2 Å². The van der Waals surface area contributed by atoms with E-state index in [1.165, 1.54) is 0 Å². The van der Waals surface area contributed by atoms with Crippen LogP contribution in [0.15, 0.2) is 30.7 Å². The minimum absolute atomic E-state index is 0.0556. The molecule has 0 unspecified atom stereocenters. The van der Waals surface area contributed by atoms with Crippen molar-refractivity contribution in [3.05, 3.63) is 36.5 Å². The van der Waals surface area contributed by atoms with E-state index in [-0.39, 0.29) is 11.8 Å². The van der Waals surface area contributed by atoms with Crippen LogP contribution < -0.4 is 10.6 Å². The van der Waals surface area contributed by atoms with Gasteiger partial charge in [-0.25, -0.2) is 9.97 Å².